The standard InChI is InChI=1S/C17H20N2O2/c1-2-4-15-12(3-1)7-8-14(11-20-15)18-10-17-19-9-16(21-17)13-5-6-13/h1-4,9,13-14,18H,5-8,10-11H2. The lowest BCUT2D eigenvalue weighted by Gasteiger charge is -2.14. The molecule has 1 aliphatic heterocycles. The van der Waals surface area contributed by atoms with E-state index in [0.29, 0.717) is 25.1 Å². The number of ether oxygens (including phenoxy) is 1. The van der Waals surface area contributed by atoms with Gasteiger partial charge in [-0.3, -0.25) is 0 Å². The van der Waals surface area contributed by atoms with Crippen LogP contribution in [0.2, 0.25) is 0 Å². The van der Waals surface area contributed by atoms with Crippen LogP contribution >= 0.6 is 0 Å². The highest BCUT2D eigenvalue weighted by atomic mass is 16.5. The van der Waals surface area contributed by atoms with E-state index in [1.165, 1.54) is 18.4 Å². The van der Waals surface area contributed by atoms with Crippen LogP contribution in [0.15, 0.2) is 34.9 Å². The number of hydrogen-bond donors (Lipinski definition) is 1. The smallest absolute Gasteiger partial charge is 0.208 e. The number of aromatic nitrogens is 1. The van der Waals surface area contributed by atoms with Gasteiger partial charge < -0.3 is 14.5 Å². The summed E-state index contributed by atoms with van der Waals surface area (Å²) in [5.41, 5.74) is 1.30. The Morgan fingerprint density at radius 2 is 2.10 bits per heavy atom. The average molecular weight is 284 g/mol. The van der Waals surface area contributed by atoms with Gasteiger partial charge >= 0.3 is 0 Å². The van der Waals surface area contributed by atoms with Crippen molar-refractivity contribution >= 4 is 0 Å². The van der Waals surface area contributed by atoms with Crippen LogP contribution in [-0.2, 0) is 13.0 Å². The van der Waals surface area contributed by atoms with E-state index in [2.05, 4.69) is 22.4 Å². The molecule has 0 bridgehead atoms. The maximum atomic E-state index is 5.89. The zero-order valence-electron chi connectivity index (χ0n) is 12.0. The molecule has 4 heteroatoms. The first-order chi connectivity index (χ1) is 10.4. The lowest BCUT2D eigenvalue weighted by atomic mass is 10.1. The van der Waals surface area contributed by atoms with Gasteiger partial charge in [-0.1, -0.05) is 18.2 Å². The second kappa shape index (κ2) is 5.53. The van der Waals surface area contributed by atoms with Crippen LogP contribution in [0.25, 0.3) is 0 Å². The molecule has 0 radical (unpaired) electrons. The number of fused-ring (bicyclic) bond motifs is 1. The van der Waals surface area contributed by atoms with E-state index in [-0.39, 0.29) is 0 Å². The number of para-hydroxylation sites is 1. The third-order valence-corrected chi connectivity index (χ3v) is 4.27. The topological polar surface area (TPSA) is 47.3 Å². The minimum absolute atomic E-state index is 0.341. The summed E-state index contributed by atoms with van der Waals surface area (Å²) in [6.07, 6.45) is 6.50. The van der Waals surface area contributed by atoms with Crippen molar-refractivity contribution in [2.75, 3.05) is 6.61 Å². The summed E-state index contributed by atoms with van der Waals surface area (Å²) in [7, 11) is 0. The van der Waals surface area contributed by atoms with Gasteiger partial charge in [0.15, 0.2) is 0 Å². The highest BCUT2D eigenvalue weighted by Gasteiger charge is 2.27. The maximum Gasteiger partial charge on any atom is 0.208 e. The van der Waals surface area contributed by atoms with Crippen molar-refractivity contribution in [3.63, 3.8) is 0 Å². The van der Waals surface area contributed by atoms with Gasteiger partial charge in [0.25, 0.3) is 0 Å². The number of oxazole rings is 1. The predicted molar refractivity (Wildman–Crippen MR) is 79.4 cm³/mol. The quantitative estimate of drug-likeness (QED) is 0.937. The van der Waals surface area contributed by atoms with Crippen LogP contribution in [-0.4, -0.2) is 17.6 Å². The Kier molecular flexibility index (Phi) is 3.39. The first-order valence-corrected chi connectivity index (χ1v) is 7.77. The van der Waals surface area contributed by atoms with E-state index in [9.17, 15) is 0 Å². The van der Waals surface area contributed by atoms with Crippen molar-refractivity contribution in [2.45, 2.75) is 44.2 Å². The largest absolute Gasteiger partial charge is 0.492 e. The first kappa shape index (κ1) is 12.9. The minimum atomic E-state index is 0.341. The molecule has 2 heterocycles. The van der Waals surface area contributed by atoms with Crippen molar-refractivity contribution in [1.82, 2.24) is 10.3 Å². The van der Waals surface area contributed by atoms with Gasteiger partial charge in [0.1, 0.15) is 18.1 Å². The molecule has 0 amide bonds. The van der Waals surface area contributed by atoms with Gasteiger partial charge in [-0.25, -0.2) is 4.98 Å². The monoisotopic (exact) mass is 284 g/mol. The Bertz CT molecular complexity index is 592. The third-order valence-electron chi connectivity index (χ3n) is 4.27. The second-order valence-corrected chi connectivity index (χ2v) is 5.97. The number of nitrogens with zero attached hydrogens (tertiary/aromatic N) is 1. The summed E-state index contributed by atoms with van der Waals surface area (Å²) in [4.78, 5) is 4.35. The molecular formula is C17H20N2O2. The first-order valence-electron chi connectivity index (χ1n) is 7.77. The number of nitrogens with one attached hydrogen (secondary N) is 1. The molecule has 1 unspecified atom stereocenters. The molecule has 1 atom stereocenters. The highest BCUT2D eigenvalue weighted by molar-refractivity contribution is 5.34. The van der Waals surface area contributed by atoms with Crippen molar-refractivity contribution in [1.29, 1.82) is 0 Å². The summed E-state index contributed by atoms with van der Waals surface area (Å²) in [5, 5.41) is 3.50. The van der Waals surface area contributed by atoms with E-state index in [4.69, 9.17) is 9.15 Å². The minimum Gasteiger partial charge on any atom is -0.492 e. The molecule has 4 nitrogen and oxygen atoms in total. The summed E-state index contributed by atoms with van der Waals surface area (Å²) in [6, 6.07) is 8.64. The summed E-state index contributed by atoms with van der Waals surface area (Å²) < 4.78 is 11.7. The molecule has 0 saturated heterocycles. The number of benzene rings is 1. The van der Waals surface area contributed by atoms with Gasteiger partial charge in [-0.2, -0.15) is 0 Å². The Hall–Kier alpha value is -1.81. The molecule has 2 aromatic rings. The van der Waals surface area contributed by atoms with Gasteiger partial charge in [-0.05, 0) is 37.3 Å². The third kappa shape index (κ3) is 2.95. The van der Waals surface area contributed by atoms with Gasteiger partial charge in [0.2, 0.25) is 5.89 Å². The number of rotatable bonds is 4. The lowest BCUT2D eigenvalue weighted by Crippen LogP contribution is -2.33. The highest BCUT2D eigenvalue weighted by Crippen LogP contribution is 2.40. The van der Waals surface area contributed by atoms with E-state index in [1.54, 1.807) is 0 Å². The molecule has 1 fully saturated rings. The normalized spacial score (nSPS) is 21.4. The van der Waals surface area contributed by atoms with Crippen LogP contribution in [0.5, 0.6) is 5.75 Å². The SMILES string of the molecule is c1ccc2c(c1)CCC(NCc1ncc(C3CC3)o1)CO2. The number of hydrogen-bond acceptors (Lipinski definition) is 4. The van der Waals surface area contributed by atoms with E-state index >= 15 is 0 Å². The van der Waals surface area contributed by atoms with Gasteiger partial charge in [0.05, 0.1) is 12.7 Å². The average Bonchev–Trinajstić information content (AvgIpc) is 3.29. The Labute approximate surface area is 124 Å². The predicted octanol–water partition coefficient (Wildman–Crippen LogP) is 3.04. The van der Waals surface area contributed by atoms with Crippen LogP contribution in [0.3, 0.4) is 0 Å². The molecule has 2 aliphatic rings. The lowest BCUT2D eigenvalue weighted by molar-refractivity contribution is 0.262. The molecule has 1 aliphatic carbocycles. The number of aryl methyl sites for hydroxylation is 1. The van der Waals surface area contributed by atoms with Crippen LogP contribution in [0.4, 0.5) is 0 Å². The molecule has 110 valence electrons. The van der Waals surface area contributed by atoms with Crippen LogP contribution in [0, 0.1) is 0 Å². The summed E-state index contributed by atoms with van der Waals surface area (Å²) in [5.74, 6) is 3.49. The fourth-order valence-electron chi connectivity index (χ4n) is 2.81. The summed E-state index contributed by atoms with van der Waals surface area (Å²) in [6.45, 7) is 1.38. The zero-order valence-corrected chi connectivity index (χ0v) is 12.0. The molecule has 1 saturated carbocycles. The molecule has 0 spiro atoms. The van der Waals surface area contributed by atoms with Gasteiger partial charge in [0, 0.05) is 12.0 Å². The zero-order chi connectivity index (χ0) is 14.1. The van der Waals surface area contributed by atoms with Crippen molar-refractivity contribution < 1.29 is 9.15 Å². The Morgan fingerprint density at radius 3 is 3.00 bits per heavy atom. The fourth-order valence-corrected chi connectivity index (χ4v) is 2.81. The van der Waals surface area contributed by atoms with Crippen molar-refractivity contribution in [3.8, 4) is 5.75 Å². The van der Waals surface area contributed by atoms with E-state index in [0.717, 1.165) is 30.2 Å². The summed E-state index contributed by atoms with van der Waals surface area (Å²) >= 11 is 0. The Balaban J connectivity index is 1.33. The van der Waals surface area contributed by atoms with Gasteiger partial charge in [-0.15, -0.1) is 0 Å². The van der Waals surface area contributed by atoms with Crippen LogP contribution < -0.4 is 10.1 Å². The molecule has 1 aromatic heterocycles. The molecule has 1 N–H and O–H groups in total. The molecule has 4 rings (SSSR count). The van der Waals surface area contributed by atoms with Crippen molar-refractivity contribution in [2.24, 2.45) is 0 Å². The van der Waals surface area contributed by atoms with E-state index < -0.39 is 0 Å². The molecular weight excluding hydrogens is 264 g/mol. The molecule has 1 aromatic carbocycles. The van der Waals surface area contributed by atoms with E-state index in [1.807, 2.05) is 18.3 Å². The fraction of sp³-hybridized carbons (Fsp3) is 0.471. The maximum absolute atomic E-state index is 5.89. The molecule has 21 heavy (non-hydrogen) atoms. The Morgan fingerprint density at radius 1 is 1.19 bits per heavy atom. The van der Waals surface area contributed by atoms with Crippen LogP contribution in [0.1, 0.15) is 42.4 Å². The van der Waals surface area contributed by atoms with Crippen molar-refractivity contribution in [3.05, 3.63) is 47.7 Å². The second-order valence-electron chi connectivity index (χ2n) is 5.97.